The van der Waals surface area contributed by atoms with Gasteiger partial charge in [0.15, 0.2) is 0 Å². The van der Waals surface area contributed by atoms with Crippen LogP contribution in [0.1, 0.15) is 55.4 Å². The van der Waals surface area contributed by atoms with E-state index in [2.05, 4.69) is 20.8 Å². The molecule has 0 bridgehead atoms. The van der Waals surface area contributed by atoms with E-state index < -0.39 is 0 Å². The number of nitrogens with one attached hydrogen (secondary N) is 2. The summed E-state index contributed by atoms with van der Waals surface area (Å²) in [7, 11) is 0. The number of fused-ring (bicyclic) bond motifs is 1. The Morgan fingerprint density at radius 1 is 1.17 bits per heavy atom. The minimum Gasteiger partial charge on any atom is -0.354 e. The Labute approximate surface area is 141 Å². The fourth-order valence-electron chi connectivity index (χ4n) is 2.25. The van der Waals surface area contributed by atoms with Crippen molar-refractivity contribution in [1.82, 2.24) is 20.8 Å². The number of amides is 2. The summed E-state index contributed by atoms with van der Waals surface area (Å²) in [5.74, 6) is -0.174. The normalized spacial score (nSPS) is 11.3. The molecule has 2 amide bonds. The zero-order chi connectivity index (χ0) is 17.9. The third-order valence-electron chi connectivity index (χ3n) is 3.71. The summed E-state index contributed by atoms with van der Waals surface area (Å²) in [5, 5.41) is 10.1. The second-order valence-corrected chi connectivity index (χ2v) is 6.40. The topological polar surface area (TPSA) is 97.1 Å². The molecule has 0 atom stereocenters. The van der Waals surface area contributed by atoms with Crippen LogP contribution in [0.2, 0.25) is 0 Å². The van der Waals surface area contributed by atoms with Gasteiger partial charge in [-0.05, 0) is 18.9 Å². The van der Waals surface area contributed by atoms with Crippen LogP contribution in [0, 0.1) is 12.8 Å². The van der Waals surface area contributed by atoms with E-state index in [4.69, 9.17) is 4.52 Å². The molecule has 0 aliphatic heterocycles. The average Bonchev–Trinajstić information content (AvgIpc) is 2.91. The molecule has 2 aromatic rings. The van der Waals surface area contributed by atoms with Crippen LogP contribution in [0.15, 0.2) is 10.6 Å². The Kier molecular flexibility index (Phi) is 5.54. The molecule has 0 aromatic carbocycles. The number of aryl methyl sites for hydroxylation is 1. The molecule has 2 N–H and O–H groups in total. The van der Waals surface area contributed by atoms with Gasteiger partial charge in [-0.2, -0.15) is 0 Å². The zero-order valence-electron chi connectivity index (χ0n) is 14.8. The molecule has 0 saturated heterocycles. The number of pyridine rings is 1. The molecular weight excluding hydrogens is 308 g/mol. The van der Waals surface area contributed by atoms with Crippen LogP contribution in [-0.4, -0.2) is 35.0 Å². The molecule has 130 valence electrons. The van der Waals surface area contributed by atoms with Gasteiger partial charge >= 0.3 is 0 Å². The van der Waals surface area contributed by atoms with Crippen molar-refractivity contribution >= 4 is 22.9 Å². The summed E-state index contributed by atoms with van der Waals surface area (Å²) in [4.78, 5) is 28.5. The van der Waals surface area contributed by atoms with E-state index in [-0.39, 0.29) is 23.7 Å². The monoisotopic (exact) mass is 332 g/mol. The molecule has 0 fully saturated rings. The summed E-state index contributed by atoms with van der Waals surface area (Å²) in [5.41, 5.74) is 2.28. The molecule has 0 aliphatic carbocycles. The molecule has 2 rings (SSSR count). The fraction of sp³-hybridized carbons (Fsp3) is 0.529. The molecule has 7 nitrogen and oxygen atoms in total. The van der Waals surface area contributed by atoms with Crippen molar-refractivity contribution in [2.75, 3.05) is 13.1 Å². The van der Waals surface area contributed by atoms with Crippen molar-refractivity contribution in [2.45, 2.75) is 40.5 Å². The Hall–Kier alpha value is -2.44. The van der Waals surface area contributed by atoms with Gasteiger partial charge in [0.25, 0.3) is 11.6 Å². The maximum Gasteiger partial charge on any atom is 0.259 e. The Morgan fingerprint density at radius 2 is 1.83 bits per heavy atom. The van der Waals surface area contributed by atoms with Crippen LogP contribution in [0.4, 0.5) is 0 Å². The first-order valence-corrected chi connectivity index (χ1v) is 8.14. The van der Waals surface area contributed by atoms with Gasteiger partial charge in [-0.25, -0.2) is 4.98 Å². The van der Waals surface area contributed by atoms with E-state index in [1.807, 2.05) is 27.7 Å². The van der Waals surface area contributed by atoms with Crippen molar-refractivity contribution in [1.29, 1.82) is 0 Å². The van der Waals surface area contributed by atoms with Gasteiger partial charge in [-0.1, -0.05) is 32.9 Å². The largest absolute Gasteiger partial charge is 0.354 e. The summed E-state index contributed by atoms with van der Waals surface area (Å²) >= 11 is 0. The van der Waals surface area contributed by atoms with E-state index in [0.717, 1.165) is 5.69 Å². The third kappa shape index (κ3) is 3.90. The van der Waals surface area contributed by atoms with Gasteiger partial charge in [0.05, 0.1) is 16.6 Å². The predicted octanol–water partition coefficient (Wildman–Crippen LogP) is 2.16. The van der Waals surface area contributed by atoms with Gasteiger partial charge in [0.2, 0.25) is 5.91 Å². The summed E-state index contributed by atoms with van der Waals surface area (Å²) in [6.07, 6.45) is 0. The Bertz CT molecular complexity index is 750. The van der Waals surface area contributed by atoms with Crippen LogP contribution in [0.25, 0.3) is 11.1 Å². The highest BCUT2D eigenvalue weighted by Crippen LogP contribution is 2.24. The van der Waals surface area contributed by atoms with Crippen molar-refractivity contribution in [2.24, 2.45) is 5.92 Å². The van der Waals surface area contributed by atoms with E-state index in [9.17, 15) is 9.59 Å². The van der Waals surface area contributed by atoms with E-state index in [1.165, 1.54) is 0 Å². The second-order valence-electron chi connectivity index (χ2n) is 6.40. The highest BCUT2D eigenvalue weighted by Gasteiger charge is 2.19. The number of hydrogen-bond acceptors (Lipinski definition) is 5. The molecule has 2 aromatic heterocycles. The maximum absolute atomic E-state index is 12.5. The SMILES string of the molecule is Cc1noc2nc(C(C)C)cc(C(=O)NCCNC(=O)C(C)C)c12. The second kappa shape index (κ2) is 7.42. The van der Waals surface area contributed by atoms with Crippen molar-refractivity contribution < 1.29 is 14.1 Å². The highest BCUT2D eigenvalue weighted by molar-refractivity contribution is 6.06. The minimum atomic E-state index is -0.227. The van der Waals surface area contributed by atoms with E-state index in [1.54, 1.807) is 13.0 Å². The molecule has 2 heterocycles. The molecule has 0 unspecified atom stereocenters. The third-order valence-corrected chi connectivity index (χ3v) is 3.71. The maximum atomic E-state index is 12.5. The molecular formula is C17H24N4O3. The lowest BCUT2D eigenvalue weighted by Gasteiger charge is -2.11. The highest BCUT2D eigenvalue weighted by atomic mass is 16.5. The lowest BCUT2D eigenvalue weighted by molar-refractivity contribution is -0.123. The fourth-order valence-corrected chi connectivity index (χ4v) is 2.25. The summed E-state index contributed by atoms with van der Waals surface area (Å²) in [6.45, 7) is 10.2. The smallest absolute Gasteiger partial charge is 0.259 e. The molecule has 0 spiro atoms. The Balaban J connectivity index is 2.13. The number of rotatable bonds is 6. The zero-order valence-corrected chi connectivity index (χ0v) is 14.8. The minimum absolute atomic E-state index is 0.0347. The van der Waals surface area contributed by atoms with Gasteiger partial charge in [0, 0.05) is 24.7 Å². The number of carbonyl (C=O) groups excluding carboxylic acids is 2. The lowest BCUT2D eigenvalue weighted by Crippen LogP contribution is -2.36. The molecule has 0 aliphatic rings. The van der Waals surface area contributed by atoms with Crippen LogP contribution in [0.5, 0.6) is 0 Å². The average molecular weight is 332 g/mol. The number of carbonyl (C=O) groups is 2. The van der Waals surface area contributed by atoms with Crippen molar-refractivity contribution in [3.05, 3.63) is 23.0 Å². The number of aromatic nitrogens is 2. The van der Waals surface area contributed by atoms with Crippen LogP contribution < -0.4 is 10.6 Å². The van der Waals surface area contributed by atoms with Gasteiger partial charge < -0.3 is 15.2 Å². The van der Waals surface area contributed by atoms with Gasteiger partial charge in [-0.3, -0.25) is 9.59 Å². The lowest BCUT2D eigenvalue weighted by atomic mass is 10.0. The standard InChI is InChI=1S/C17H24N4O3/c1-9(2)13-8-12(14-11(5)21-24-17(14)20-13)16(23)19-7-6-18-15(22)10(3)4/h8-10H,6-7H2,1-5H3,(H,18,22)(H,19,23). The summed E-state index contributed by atoms with van der Waals surface area (Å²) < 4.78 is 5.22. The quantitative estimate of drug-likeness (QED) is 0.790. The molecule has 7 heteroatoms. The van der Waals surface area contributed by atoms with Crippen LogP contribution >= 0.6 is 0 Å². The van der Waals surface area contributed by atoms with Crippen LogP contribution in [0.3, 0.4) is 0 Å². The number of hydrogen-bond donors (Lipinski definition) is 2. The first kappa shape index (κ1) is 17.9. The van der Waals surface area contributed by atoms with Gasteiger partial charge in [0.1, 0.15) is 0 Å². The van der Waals surface area contributed by atoms with Crippen LogP contribution in [-0.2, 0) is 4.79 Å². The number of nitrogens with zero attached hydrogens (tertiary/aromatic N) is 2. The summed E-state index contributed by atoms with van der Waals surface area (Å²) in [6, 6.07) is 1.78. The van der Waals surface area contributed by atoms with E-state index in [0.29, 0.717) is 35.4 Å². The van der Waals surface area contributed by atoms with Gasteiger partial charge in [-0.15, -0.1) is 0 Å². The predicted molar refractivity (Wildman–Crippen MR) is 90.8 cm³/mol. The first-order chi connectivity index (χ1) is 11.3. The molecule has 0 radical (unpaired) electrons. The first-order valence-electron chi connectivity index (χ1n) is 8.14. The van der Waals surface area contributed by atoms with E-state index >= 15 is 0 Å². The Morgan fingerprint density at radius 3 is 2.46 bits per heavy atom. The van der Waals surface area contributed by atoms with Crippen molar-refractivity contribution in [3.63, 3.8) is 0 Å². The molecule has 0 saturated carbocycles. The molecule has 24 heavy (non-hydrogen) atoms. The van der Waals surface area contributed by atoms with Crippen molar-refractivity contribution in [3.8, 4) is 0 Å².